The van der Waals surface area contributed by atoms with E-state index >= 15 is 0 Å². The number of ether oxygens (including phenoxy) is 2. The Kier molecular flexibility index (Phi) is 4.66. The van der Waals surface area contributed by atoms with Crippen LogP contribution in [0.15, 0.2) is 39.4 Å². The second-order valence-corrected chi connectivity index (χ2v) is 5.45. The Hall–Kier alpha value is -1.27. The molecule has 0 unspecified atom stereocenters. The number of hydrogen-bond acceptors (Lipinski definition) is 4. The van der Waals surface area contributed by atoms with E-state index < -0.39 is 0 Å². The first-order chi connectivity index (χ1) is 9.13. The van der Waals surface area contributed by atoms with Crippen molar-refractivity contribution in [3.8, 4) is 11.5 Å². The van der Waals surface area contributed by atoms with Crippen molar-refractivity contribution < 1.29 is 9.47 Å². The van der Waals surface area contributed by atoms with Crippen LogP contribution in [0.2, 0.25) is 0 Å². The van der Waals surface area contributed by atoms with Gasteiger partial charge in [0.1, 0.15) is 5.82 Å². The minimum absolute atomic E-state index is 0.667. The number of benzene rings is 1. The zero-order valence-electron chi connectivity index (χ0n) is 10.4. The number of anilines is 2. The van der Waals surface area contributed by atoms with Gasteiger partial charge in [0, 0.05) is 22.4 Å². The van der Waals surface area contributed by atoms with Gasteiger partial charge in [-0.2, -0.15) is 0 Å². The van der Waals surface area contributed by atoms with Crippen molar-refractivity contribution in [3.63, 3.8) is 0 Å². The lowest BCUT2D eigenvalue weighted by Gasteiger charge is -2.11. The van der Waals surface area contributed by atoms with E-state index in [-0.39, 0.29) is 0 Å². The van der Waals surface area contributed by atoms with Crippen molar-refractivity contribution in [1.82, 2.24) is 4.98 Å². The lowest BCUT2D eigenvalue weighted by Crippen LogP contribution is -1.96. The molecule has 1 aromatic heterocycles. The van der Waals surface area contributed by atoms with Crippen LogP contribution in [0.4, 0.5) is 11.5 Å². The Bertz CT molecular complexity index is 591. The second-order valence-electron chi connectivity index (χ2n) is 3.68. The van der Waals surface area contributed by atoms with Gasteiger partial charge < -0.3 is 14.8 Å². The molecule has 0 aliphatic carbocycles. The Balaban J connectivity index is 2.28. The van der Waals surface area contributed by atoms with Crippen LogP contribution >= 0.6 is 31.9 Å². The van der Waals surface area contributed by atoms with Crippen LogP contribution in [0.5, 0.6) is 11.5 Å². The third kappa shape index (κ3) is 3.39. The van der Waals surface area contributed by atoms with Gasteiger partial charge in [-0.1, -0.05) is 0 Å². The van der Waals surface area contributed by atoms with Gasteiger partial charge in [-0.15, -0.1) is 0 Å². The number of aromatic nitrogens is 1. The molecule has 0 saturated carbocycles. The molecule has 6 heteroatoms. The van der Waals surface area contributed by atoms with Crippen molar-refractivity contribution in [3.05, 3.63) is 39.4 Å². The molecular formula is C13H12Br2N2O2. The highest BCUT2D eigenvalue weighted by Crippen LogP contribution is 2.32. The summed E-state index contributed by atoms with van der Waals surface area (Å²) in [6.07, 6.45) is 1.73. The SMILES string of the molecule is COc1ccc(Nc2ncc(Br)cc2Br)cc1OC. The van der Waals surface area contributed by atoms with Crippen molar-refractivity contribution >= 4 is 43.4 Å². The summed E-state index contributed by atoms with van der Waals surface area (Å²) in [6.45, 7) is 0. The molecule has 100 valence electrons. The molecule has 0 spiro atoms. The van der Waals surface area contributed by atoms with Gasteiger partial charge in [0.05, 0.1) is 18.7 Å². The summed E-state index contributed by atoms with van der Waals surface area (Å²) in [6, 6.07) is 7.52. The first kappa shape index (κ1) is 14.1. The molecule has 2 aromatic rings. The lowest BCUT2D eigenvalue weighted by atomic mass is 10.2. The van der Waals surface area contributed by atoms with E-state index in [0.717, 1.165) is 20.5 Å². The fourth-order valence-electron chi connectivity index (χ4n) is 1.56. The van der Waals surface area contributed by atoms with E-state index in [4.69, 9.17) is 9.47 Å². The summed E-state index contributed by atoms with van der Waals surface area (Å²) in [5.74, 6) is 2.09. The number of rotatable bonds is 4. The van der Waals surface area contributed by atoms with Crippen LogP contribution in [-0.2, 0) is 0 Å². The first-order valence-corrected chi connectivity index (χ1v) is 7.02. The highest BCUT2D eigenvalue weighted by Gasteiger charge is 2.07. The number of pyridine rings is 1. The second kappa shape index (κ2) is 6.25. The van der Waals surface area contributed by atoms with Crippen LogP contribution in [-0.4, -0.2) is 19.2 Å². The fraction of sp³-hybridized carbons (Fsp3) is 0.154. The monoisotopic (exact) mass is 386 g/mol. The third-order valence-electron chi connectivity index (χ3n) is 2.45. The predicted octanol–water partition coefficient (Wildman–Crippen LogP) is 4.37. The largest absolute Gasteiger partial charge is 0.493 e. The molecule has 0 bridgehead atoms. The normalized spacial score (nSPS) is 10.1. The average Bonchev–Trinajstić information content (AvgIpc) is 2.41. The van der Waals surface area contributed by atoms with E-state index in [1.807, 2.05) is 24.3 Å². The molecule has 1 aromatic carbocycles. The molecule has 2 rings (SSSR count). The standard InChI is InChI=1S/C13H12Br2N2O2/c1-18-11-4-3-9(6-12(11)19-2)17-13-10(15)5-8(14)7-16-13/h3-7H,1-2H3,(H,16,17). The minimum Gasteiger partial charge on any atom is -0.493 e. The average molecular weight is 388 g/mol. The third-order valence-corrected chi connectivity index (χ3v) is 3.49. The summed E-state index contributed by atoms with van der Waals surface area (Å²) in [7, 11) is 3.22. The Labute approximate surface area is 128 Å². The van der Waals surface area contributed by atoms with Crippen LogP contribution in [0.1, 0.15) is 0 Å². The van der Waals surface area contributed by atoms with Gasteiger partial charge in [0.25, 0.3) is 0 Å². The van der Waals surface area contributed by atoms with Gasteiger partial charge >= 0.3 is 0 Å². The van der Waals surface area contributed by atoms with Gasteiger partial charge in [0.15, 0.2) is 11.5 Å². The number of halogens is 2. The van der Waals surface area contributed by atoms with E-state index in [1.54, 1.807) is 20.4 Å². The van der Waals surface area contributed by atoms with Crippen molar-refractivity contribution in [2.75, 3.05) is 19.5 Å². The molecule has 0 aliphatic heterocycles. The van der Waals surface area contributed by atoms with E-state index in [9.17, 15) is 0 Å². The molecule has 0 saturated heterocycles. The number of nitrogens with one attached hydrogen (secondary N) is 1. The predicted molar refractivity (Wildman–Crippen MR) is 82.5 cm³/mol. The highest BCUT2D eigenvalue weighted by atomic mass is 79.9. The molecule has 0 amide bonds. The van der Waals surface area contributed by atoms with Crippen LogP contribution in [0, 0.1) is 0 Å². The van der Waals surface area contributed by atoms with E-state index in [0.29, 0.717) is 11.5 Å². The molecule has 0 fully saturated rings. The number of nitrogens with zero attached hydrogens (tertiary/aromatic N) is 1. The summed E-state index contributed by atoms with van der Waals surface area (Å²) in [4.78, 5) is 4.29. The van der Waals surface area contributed by atoms with Gasteiger partial charge in [-0.3, -0.25) is 0 Å². The summed E-state index contributed by atoms with van der Waals surface area (Å²) >= 11 is 6.82. The number of hydrogen-bond donors (Lipinski definition) is 1. The molecule has 1 heterocycles. The van der Waals surface area contributed by atoms with Gasteiger partial charge in [0.2, 0.25) is 0 Å². The molecular weight excluding hydrogens is 376 g/mol. The maximum Gasteiger partial charge on any atom is 0.162 e. The topological polar surface area (TPSA) is 43.4 Å². The van der Waals surface area contributed by atoms with Crippen molar-refractivity contribution in [2.24, 2.45) is 0 Å². The van der Waals surface area contributed by atoms with Crippen molar-refractivity contribution in [2.45, 2.75) is 0 Å². The van der Waals surface area contributed by atoms with E-state index in [1.165, 1.54) is 0 Å². The minimum atomic E-state index is 0.667. The Morgan fingerprint density at radius 3 is 2.42 bits per heavy atom. The smallest absolute Gasteiger partial charge is 0.162 e. The van der Waals surface area contributed by atoms with Gasteiger partial charge in [-0.25, -0.2) is 4.98 Å². The van der Waals surface area contributed by atoms with E-state index in [2.05, 4.69) is 42.2 Å². The summed E-state index contributed by atoms with van der Waals surface area (Å²) in [5, 5.41) is 3.21. The molecule has 4 nitrogen and oxygen atoms in total. The first-order valence-electron chi connectivity index (χ1n) is 5.44. The Morgan fingerprint density at radius 2 is 1.79 bits per heavy atom. The lowest BCUT2D eigenvalue weighted by molar-refractivity contribution is 0.355. The summed E-state index contributed by atoms with van der Waals surface area (Å²) in [5.41, 5.74) is 0.869. The van der Waals surface area contributed by atoms with Crippen molar-refractivity contribution in [1.29, 1.82) is 0 Å². The molecule has 19 heavy (non-hydrogen) atoms. The zero-order chi connectivity index (χ0) is 13.8. The van der Waals surface area contributed by atoms with Crippen LogP contribution < -0.4 is 14.8 Å². The molecule has 0 atom stereocenters. The highest BCUT2D eigenvalue weighted by molar-refractivity contribution is 9.11. The maximum absolute atomic E-state index is 5.26. The molecule has 1 N–H and O–H groups in total. The molecule has 0 radical (unpaired) electrons. The zero-order valence-corrected chi connectivity index (χ0v) is 13.6. The molecule has 0 aliphatic rings. The Morgan fingerprint density at radius 1 is 1.05 bits per heavy atom. The summed E-state index contributed by atoms with van der Waals surface area (Å²) < 4.78 is 12.2. The maximum atomic E-state index is 5.26. The van der Waals surface area contributed by atoms with Crippen LogP contribution in [0.3, 0.4) is 0 Å². The van der Waals surface area contributed by atoms with Gasteiger partial charge in [-0.05, 0) is 50.1 Å². The van der Waals surface area contributed by atoms with Crippen LogP contribution in [0.25, 0.3) is 0 Å². The fourth-order valence-corrected chi connectivity index (χ4v) is 2.64. The number of methoxy groups -OCH3 is 2. The quantitative estimate of drug-likeness (QED) is 0.845.